The van der Waals surface area contributed by atoms with Crippen LogP contribution >= 0.6 is 11.3 Å². The van der Waals surface area contributed by atoms with Crippen LogP contribution in [0.1, 0.15) is 11.1 Å². The minimum Gasteiger partial charge on any atom is -0.344 e. The average molecular weight is 420 g/mol. The summed E-state index contributed by atoms with van der Waals surface area (Å²) in [5, 5.41) is 2.07. The number of thiophene rings is 1. The molecule has 2 amide bonds. The Bertz CT molecular complexity index is 987. The lowest BCUT2D eigenvalue weighted by Crippen LogP contribution is -2.38. The third-order valence-corrected chi connectivity index (χ3v) is 6.46. The second kappa shape index (κ2) is 9.22. The molecule has 0 aliphatic carbocycles. The fourth-order valence-corrected chi connectivity index (χ4v) is 4.56. The third kappa shape index (κ3) is 4.76. The molecular formula is C24H25N3O2S. The van der Waals surface area contributed by atoms with E-state index in [1.165, 1.54) is 10.4 Å². The number of carbonyl (C=O) groups is 2. The Morgan fingerprint density at radius 3 is 2.63 bits per heavy atom. The van der Waals surface area contributed by atoms with Gasteiger partial charge in [0.2, 0.25) is 11.8 Å². The second-order valence-corrected chi connectivity index (χ2v) is 8.66. The Hall–Kier alpha value is -2.99. The minimum absolute atomic E-state index is 0.0455. The highest BCUT2D eigenvalue weighted by atomic mass is 32.1. The van der Waals surface area contributed by atoms with Gasteiger partial charge in [-0.25, -0.2) is 0 Å². The lowest BCUT2D eigenvalue weighted by atomic mass is 9.96. The smallest absolute Gasteiger partial charge is 0.227 e. The number of aromatic nitrogens is 1. The van der Waals surface area contributed by atoms with Crippen LogP contribution in [0.4, 0.5) is 0 Å². The summed E-state index contributed by atoms with van der Waals surface area (Å²) in [6, 6.07) is 16.3. The summed E-state index contributed by atoms with van der Waals surface area (Å²) in [5.74, 6) is -0.0823. The van der Waals surface area contributed by atoms with Crippen molar-refractivity contribution in [2.75, 3.05) is 26.7 Å². The monoisotopic (exact) mass is 419 g/mol. The van der Waals surface area contributed by atoms with Crippen LogP contribution in [0, 0.1) is 5.92 Å². The molecule has 154 valence electrons. The maximum atomic E-state index is 12.9. The number of benzene rings is 1. The average Bonchev–Trinajstić information content (AvgIpc) is 3.26. The Labute approximate surface area is 181 Å². The zero-order valence-electron chi connectivity index (χ0n) is 17.0. The first-order valence-corrected chi connectivity index (χ1v) is 11.0. The fraction of sp³-hybridized carbons (Fsp3) is 0.292. The quantitative estimate of drug-likeness (QED) is 0.636. The van der Waals surface area contributed by atoms with Crippen molar-refractivity contribution in [1.29, 1.82) is 0 Å². The van der Waals surface area contributed by atoms with E-state index < -0.39 is 0 Å². The van der Waals surface area contributed by atoms with Gasteiger partial charge in [0, 0.05) is 44.0 Å². The van der Waals surface area contributed by atoms with Crippen molar-refractivity contribution < 1.29 is 9.59 Å². The van der Waals surface area contributed by atoms with Crippen LogP contribution in [0.25, 0.3) is 10.4 Å². The van der Waals surface area contributed by atoms with Crippen molar-refractivity contribution in [2.24, 2.45) is 5.92 Å². The predicted molar refractivity (Wildman–Crippen MR) is 119 cm³/mol. The molecule has 1 aliphatic rings. The van der Waals surface area contributed by atoms with Gasteiger partial charge in [-0.15, -0.1) is 11.3 Å². The second-order valence-electron chi connectivity index (χ2n) is 7.71. The minimum atomic E-state index is -0.233. The molecule has 1 atom stereocenters. The molecule has 0 saturated carbocycles. The highest BCUT2D eigenvalue weighted by Gasteiger charge is 2.30. The largest absolute Gasteiger partial charge is 0.344 e. The summed E-state index contributed by atoms with van der Waals surface area (Å²) in [7, 11) is 1.82. The molecule has 1 aliphatic heterocycles. The molecule has 2 aromatic heterocycles. The van der Waals surface area contributed by atoms with Crippen molar-refractivity contribution in [3.63, 3.8) is 0 Å². The molecule has 0 radical (unpaired) electrons. The zero-order valence-corrected chi connectivity index (χ0v) is 17.8. The molecule has 0 bridgehead atoms. The van der Waals surface area contributed by atoms with Gasteiger partial charge in [0.15, 0.2) is 0 Å². The van der Waals surface area contributed by atoms with E-state index in [9.17, 15) is 9.59 Å². The first-order valence-electron chi connectivity index (χ1n) is 10.1. The number of carbonyl (C=O) groups excluding carboxylic acids is 2. The Morgan fingerprint density at radius 1 is 1.10 bits per heavy atom. The van der Waals surface area contributed by atoms with Crippen LogP contribution in [0.2, 0.25) is 0 Å². The fourth-order valence-electron chi connectivity index (χ4n) is 3.83. The van der Waals surface area contributed by atoms with Crippen LogP contribution in [0.15, 0.2) is 66.3 Å². The third-order valence-electron chi connectivity index (χ3n) is 5.54. The summed E-state index contributed by atoms with van der Waals surface area (Å²) in [6.45, 7) is 1.58. The molecule has 6 heteroatoms. The van der Waals surface area contributed by atoms with Crippen LogP contribution in [-0.2, 0) is 22.4 Å². The SMILES string of the molecule is CN1CCN(C(=O)Cc2cccnc2)CC(Cc2ccc(-c3cccs3)cc2)C1=O. The van der Waals surface area contributed by atoms with E-state index in [4.69, 9.17) is 0 Å². The van der Waals surface area contributed by atoms with E-state index in [1.54, 1.807) is 28.6 Å². The van der Waals surface area contributed by atoms with E-state index >= 15 is 0 Å². The van der Waals surface area contributed by atoms with Gasteiger partial charge in [0.1, 0.15) is 0 Å². The summed E-state index contributed by atoms with van der Waals surface area (Å²) < 4.78 is 0. The van der Waals surface area contributed by atoms with Crippen LogP contribution in [0.3, 0.4) is 0 Å². The van der Waals surface area contributed by atoms with Gasteiger partial charge in [0.05, 0.1) is 12.3 Å². The highest BCUT2D eigenvalue weighted by molar-refractivity contribution is 7.13. The molecule has 3 heterocycles. The Kier molecular flexibility index (Phi) is 6.23. The van der Waals surface area contributed by atoms with Gasteiger partial charge in [-0.1, -0.05) is 36.4 Å². The molecule has 4 rings (SSSR count). The van der Waals surface area contributed by atoms with Crippen molar-refractivity contribution in [2.45, 2.75) is 12.8 Å². The highest BCUT2D eigenvalue weighted by Crippen LogP contribution is 2.26. The molecule has 1 unspecified atom stereocenters. The lowest BCUT2D eigenvalue weighted by molar-refractivity contribution is -0.133. The summed E-state index contributed by atoms with van der Waals surface area (Å²) in [5.41, 5.74) is 3.20. The van der Waals surface area contributed by atoms with Gasteiger partial charge < -0.3 is 9.80 Å². The van der Waals surface area contributed by atoms with Crippen molar-refractivity contribution in [3.8, 4) is 10.4 Å². The molecule has 30 heavy (non-hydrogen) atoms. The molecule has 0 N–H and O–H groups in total. The molecular weight excluding hydrogens is 394 g/mol. The van der Waals surface area contributed by atoms with Gasteiger partial charge in [-0.05, 0) is 40.6 Å². The number of rotatable bonds is 5. The number of hydrogen-bond acceptors (Lipinski definition) is 4. The van der Waals surface area contributed by atoms with E-state index in [0.29, 0.717) is 32.5 Å². The number of amides is 2. The lowest BCUT2D eigenvalue weighted by Gasteiger charge is -2.23. The predicted octanol–water partition coefficient (Wildman–Crippen LogP) is 3.51. The molecule has 1 aromatic carbocycles. The normalized spacial score (nSPS) is 17.1. The number of pyridine rings is 1. The van der Waals surface area contributed by atoms with Crippen LogP contribution in [0.5, 0.6) is 0 Å². The number of hydrogen-bond donors (Lipinski definition) is 0. The Balaban J connectivity index is 1.46. The van der Waals surface area contributed by atoms with Gasteiger partial charge >= 0.3 is 0 Å². The first-order chi connectivity index (χ1) is 14.6. The summed E-state index contributed by atoms with van der Waals surface area (Å²) in [4.78, 5) is 34.7. The first kappa shape index (κ1) is 20.3. The maximum Gasteiger partial charge on any atom is 0.227 e. The van der Waals surface area contributed by atoms with Crippen molar-refractivity contribution >= 4 is 23.2 Å². The van der Waals surface area contributed by atoms with Gasteiger partial charge in [-0.3, -0.25) is 14.6 Å². The van der Waals surface area contributed by atoms with Crippen LogP contribution < -0.4 is 0 Å². The van der Waals surface area contributed by atoms with E-state index in [-0.39, 0.29) is 17.7 Å². The molecule has 1 saturated heterocycles. The molecule has 0 spiro atoms. The molecule has 3 aromatic rings. The summed E-state index contributed by atoms with van der Waals surface area (Å²) >= 11 is 1.72. The molecule has 1 fully saturated rings. The van der Waals surface area contributed by atoms with Gasteiger partial charge in [0.25, 0.3) is 0 Å². The van der Waals surface area contributed by atoms with Crippen LogP contribution in [-0.4, -0.2) is 53.3 Å². The maximum absolute atomic E-state index is 12.9. The molecule has 5 nitrogen and oxygen atoms in total. The standard InChI is InChI=1S/C24H25N3O2S/c1-26-11-12-27(23(28)15-19-4-2-10-25-16-19)17-21(24(26)29)14-18-6-8-20(9-7-18)22-5-3-13-30-22/h2-10,13,16,21H,11-12,14-15,17H2,1H3. The van der Waals surface area contributed by atoms with E-state index in [2.05, 4.69) is 40.7 Å². The zero-order chi connectivity index (χ0) is 20.9. The van der Waals surface area contributed by atoms with E-state index in [1.807, 2.05) is 30.1 Å². The van der Waals surface area contributed by atoms with Crippen molar-refractivity contribution in [1.82, 2.24) is 14.8 Å². The van der Waals surface area contributed by atoms with Gasteiger partial charge in [-0.2, -0.15) is 0 Å². The Morgan fingerprint density at radius 2 is 1.93 bits per heavy atom. The number of nitrogens with zero attached hydrogens (tertiary/aromatic N) is 3. The number of likely N-dealkylation sites (N-methyl/N-ethyl adjacent to an activating group) is 1. The van der Waals surface area contributed by atoms with E-state index in [0.717, 1.165) is 11.1 Å². The summed E-state index contributed by atoms with van der Waals surface area (Å²) in [6.07, 6.45) is 4.37. The van der Waals surface area contributed by atoms with Crippen molar-refractivity contribution in [3.05, 3.63) is 77.4 Å². The topological polar surface area (TPSA) is 53.5 Å².